The minimum Gasteiger partial charge on any atom is -0.505 e. The van der Waals surface area contributed by atoms with E-state index in [0.717, 1.165) is 31.5 Å². The average molecular weight is 406 g/mol. The number of benzene rings is 2. The molecule has 0 saturated carbocycles. The number of carbonyl (C=O) groups is 1. The van der Waals surface area contributed by atoms with Crippen molar-refractivity contribution in [2.75, 3.05) is 18.4 Å². The van der Waals surface area contributed by atoms with Crippen LogP contribution in [0, 0.1) is 10.1 Å². The monoisotopic (exact) mass is 406 g/mol. The molecule has 4 rings (SSSR count). The number of phenols is 1. The zero-order chi connectivity index (χ0) is 21.1. The summed E-state index contributed by atoms with van der Waals surface area (Å²) in [6.45, 7) is 2.58. The Hall–Kier alpha value is -3.52. The van der Waals surface area contributed by atoms with Gasteiger partial charge in [-0.2, -0.15) is 0 Å². The standard InChI is InChI=1S/C22H22N4O4/c27-20(12-15-5-7-17(8-6-15)26(29)30)24-19-13-16(14-25-10-1-2-11-25)22(28)21-18(19)4-3-9-23-21/h3-9,13,28H,1-2,10-12,14H2,(H,24,27). The van der Waals surface area contributed by atoms with Crippen molar-refractivity contribution in [3.63, 3.8) is 0 Å². The van der Waals surface area contributed by atoms with E-state index in [1.807, 2.05) is 12.1 Å². The highest BCUT2D eigenvalue weighted by Crippen LogP contribution is 2.34. The van der Waals surface area contributed by atoms with Crippen molar-refractivity contribution in [3.8, 4) is 5.75 Å². The van der Waals surface area contributed by atoms with Gasteiger partial charge < -0.3 is 10.4 Å². The predicted octanol–water partition coefficient (Wildman–Crippen LogP) is 3.63. The van der Waals surface area contributed by atoms with Crippen LogP contribution >= 0.6 is 0 Å². The van der Waals surface area contributed by atoms with Crippen molar-refractivity contribution in [2.45, 2.75) is 25.8 Å². The number of nitrogens with one attached hydrogen (secondary N) is 1. The van der Waals surface area contributed by atoms with Crippen LogP contribution in [0.5, 0.6) is 5.75 Å². The van der Waals surface area contributed by atoms with Crippen LogP contribution in [0.25, 0.3) is 10.9 Å². The molecule has 1 saturated heterocycles. The van der Waals surface area contributed by atoms with Crippen LogP contribution in [-0.2, 0) is 17.8 Å². The molecule has 2 heterocycles. The van der Waals surface area contributed by atoms with E-state index in [0.29, 0.717) is 28.7 Å². The molecule has 3 aromatic rings. The fourth-order valence-corrected chi connectivity index (χ4v) is 3.80. The van der Waals surface area contributed by atoms with Gasteiger partial charge in [0.2, 0.25) is 5.91 Å². The van der Waals surface area contributed by atoms with E-state index in [9.17, 15) is 20.0 Å². The molecule has 30 heavy (non-hydrogen) atoms. The second kappa shape index (κ2) is 8.46. The molecule has 1 amide bonds. The highest BCUT2D eigenvalue weighted by Gasteiger charge is 2.18. The number of nitrogens with zero attached hydrogens (tertiary/aromatic N) is 3. The molecule has 0 aliphatic carbocycles. The third-order valence-corrected chi connectivity index (χ3v) is 5.32. The molecule has 0 atom stereocenters. The summed E-state index contributed by atoms with van der Waals surface area (Å²) in [5.41, 5.74) is 2.45. The number of nitro benzene ring substituents is 1. The first-order valence-corrected chi connectivity index (χ1v) is 9.86. The lowest BCUT2D eigenvalue weighted by Gasteiger charge is -2.18. The molecule has 8 nitrogen and oxygen atoms in total. The highest BCUT2D eigenvalue weighted by molar-refractivity contribution is 6.03. The SMILES string of the molecule is O=C(Cc1ccc([N+](=O)[O-])cc1)Nc1cc(CN2CCCC2)c(O)c2ncccc12. The summed E-state index contributed by atoms with van der Waals surface area (Å²) in [5.74, 6) is -0.0994. The fourth-order valence-electron chi connectivity index (χ4n) is 3.80. The molecule has 0 spiro atoms. The van der Waals surface area contributed by atoms with Crippen molar-refractivity contribution in [1.82, 2.24) is 9.88 Å². The molecule has 1 aliphatic rings. The van der Waals surface area contributed by atoms with E-state index < -0.39 is 4.92 Å². The van der Waals surface area contributed by atoms with Gasteiger partial charge in [0.25, 0.3) is 5.69 Å². The Kier molecular flexibility index (Phi) is 5.58. The minimum atomic E-state index is -0.471. The van der Waals surface area contributed by atoms with Gasteiger partial charge >= 0.3 is 0 Å². The number of hydrogen-bond acceptors (Lipinski definition) is 6. The van der Waals surface area contributed by atoms with Gasteiger partial charge in [-0.1, -0.05) is 12.1 Å². The summed E-state index contributed by atoms with van der Waals surface area (Å²) < 4.78 is 0. The molecule has 2 aromatic carbocycles. The van der Waals surface area contributed by atoms with Crippen molar-refractivity contribution in [1.29, 1.82) is 0 Å². The van der Waals surface area contributed by atoms with Gasteiger partial charge in [0, 0.05) is 35.8 Å². The third-order valence-electron chi connectivity index (χ3n) is 5.32. The summed E-state index contributed by atoms with van der Waals surface area (Å²) >= 11 is 0. The predicted molar refractivity (Wildman–Crippen MR) is 113 cm³/mol. The first-order valence-electron chi connectivity index (χ1n) is 9.86. The van der Waals surface area contributed by atoms with E-state index in [1.165, 1.54) is 12.1 Å². The van der Waals surface area contributed by atoms with Crippen LogP contribution in [0.4, 0.5) is 11.4 Å². The molecular formula is C22H22N4O4. The van der Waals surface area contributed by atoms with Crippen LogP contribution in [0.2, 0.25) is 0 Å². The molecule has 8 heteroatoms. The van der Waals surface area contributed by atoms with E-state index in [4.69, 9.17) is 0 Å². The number of rotatable bonds is 6. The van der Waals surface area contributed by atoms with Gasteiger partial charge in [0.1, 0.15) is 11.3 Å². The van der Waals surface area contributed by atoms with Crippen LogP contribution in [0.15, 0.2) is 48.7 Å². The smallest absolute Gasteiger partial charge is 0.269 e. The molecule has 0 unspecified atom stereocenters. The zero-order valence-electron chi connectivity index (χ0n) is 16.4. The molecule has 2 N–H and O–H groups in total. The Morgan fingerprint density at radius 3 is 2.63 bits per heavy atom. The van der Waals surface area contributed by atoms with Gasteiger partial charge in [0.15, 0.2) is 0 Å². The first kappa shape index (κ1) is 19.8. The van der Waals surface area contributed by atoms with E-state index in [-0.39, 0.29) is 23.8 Å². The quantitative estimate of drug-likeness (QED) is 0.368. The number of hydrogen-bond donors (Lipinski definition) is 2. The largest absolute Gasteiger partial charge is 0.505 e. The number of anilines is 1. The van der Waals surface area contributed by atoms with Crippen molar-refractivity contribution in [3.05, 3.63) is 69.9 Å². The van der Waals surface area contributed by atoms with Crippen LogP contribution < -0.4 is 5.32 Å². The van der Waals surface area contributed by atoms with Crippen LogP contribution in [-0.4, -0.2) is 38.9 Å². The lowest BCUT2D eigenvalue weighted by molar-refractivity contribution is -0.384. The van der Waals surface area contributed by atoms with Crippen LogP contribution in [0.1, 0.15) is 24.0 Å². The molecule has 1 fully saturated rings. The molecule has 0 bridgehead atoms. The Labute approximate surface area is 173 Å². The molecule has 154 valence electrons. The third kappa shape index (κ3) is 4.23. The van der Waals surface area contributed by atoms with E-state index >= 15 is 0 Å². The zero-order valence-corrected chi connectivity index (χ0v) is 16.4. The maximum absolute atomic E-state index is 12.6. The van der Waals surface area contributed by atoms with Gasteiger partial charge in [-0.25, -0.2) is 0 Å². The van der Waals surface area contributed by atoms with E-state index in [1.54, 1.807) is 24.4 Å². The number of carbonyl (C=O) groups excluding carboxylic acids is 1. The minimum absolute atomic E-state index is 0.0127. The van der Waals surface area contributed by atoms with Crippen molar-refractivity contribution < 1.29 is 14.8 Å². The first-order chi connectivity index (χ1) is 14.5. The van der Waals surface area contributed by atoms with Crippen LogP contribution in [0.3, 0.4) is 0 Å². The summed E-state index contributed by atoms with van der Waals surface area (Å²) in [5, 5.41) is 25.1. The number of fused-ring (bicyclic) bond motifs is 1. The van der Waals surface area contributed by atoms with Gasteiger partial charge in [0.05, 0.1) is 17.0 Å². The maximum atomic E-state index is 12.6. The summed E-state index contributed by atoms with van der Waals surface area (Å²) in [6.07, 6.45) is 3.99. The number of aromatic hydroxyl groups is 1. The summed E-state index contributed by atoms with van der Waals surface area (Å²) in [6, 6.07) is 11.3. The Balaban J connectivity index is 1.58. The fraction of sp³-hybridized carbons (Fsp3) is 0.273. The van der Waals surface area contributed by atoms with Crippen molar-refractivity contribution >= 4 is 28.2 Å². The molecule has 1 aliphatic heterocycles. The Bertz CT molecular complexity index is 1090. The van der Waals surface area contributed by atoms with Gasteiger partial charge in [-0.05, 0) is 49.7 Å². The second-order valence-electron chi connectivity index (χ2n) is 7.46. The summed E-state index contributed by atoms with van der Waals surface area (Å²) in [4.78, 5) is 29.5. The number of aromatic nitrogens is 1. The lowest BCUT2D eigenvalue weighted by atomic mass is 10.1. The number of pyridine rings is 1. The van der Waals surface area contributed by atoms with Gasteiger partial charge in [-0.3, -0.25) is 24.8 Å². The maximum Gasteiger partial charge on any atom is 0.269 e. The topological polar surface area (TPSA) is 109 Å². The van der Waals surface area contributed by atoms with E-state index in [2.05, 4.69) is 15.2 Å². The highest BCUT2D eigenvalue weighted by atomic mass is 16.6. The Morgan fingerprint density at radius 1 is 1.20 bits per heavy atom. The Morgan fingerprint density at radius 2 is 1.93 bits per heavy atom. The molecule has 0 radical (unpaired) electrons. The number of nitro groups is 1. The number of phenolic OH excluding ortho intramolecular Hbond substituents is 1. The molecule has 1 aromatic heterocycles. The lowest BCUT2D eigenvalue weighted by Crippen LogP contribution is -2.19. The second-order valence-corrected chi connectivity index (χ2v) is 7.46. The van der Waals surface area contributed by atoms with Gasteiger partial charge in [-0.15, -0.1) is 0 Å². The number of non-ortho nitro benzene ring substituents is 1. The molecular weight excluding hydrogens is 384 g/mol. The normalized spacial score (nSPS) is 14.1. The summed E-state index contributed by atoms with van der Waals surface area (Å²) in [7, 11) is 0. The number of amides is 1. The van der Waals surface area contributed by atoms with Crippen molar-refractivity contribution in [2.24, 2.45) is 0 Å². The number of likely N-dealkylation sites (tertiary alicyclic amines) is 1. The average Bonchev–Trinajstić information content (AvgIpc) is 3.25.